The van der Waals surface area contributed by atoms with E-state index in [-0.39, 0.29) is 6.04 Å². The fourth-order valence-electron chi connectivity index (χ4n) is 2.97. The molecule has 0 fully saturated rings. The summed E-state index contributed by atoms with van der Waals surface area (Å²) in [6.07, 6.45) is 1.03. The molecule has 1 N–H and O–H groups in total. The van der Waals surface area contributed by atoms with Crippen LogP contribution in [0.5, 0.6) is 5.75 Å². The van der Waals surface area contributed by atoms with Gasteiger partial charge in [-0.25, -0.2) is 0 Å². The lowest BCUT2D eigenvalue weighted by atomic mass is 9.92. The summed E-state index contributed by atoms with van der Waals surface area (Å²) in [5.41, 5.74) is 4.82. The molecule has 1 aromatic heterocycles. The lowest BCUT2D eigenvalue weighted by Crippen LogP contribution is -2.31. The van der Waals surface area contributed by atoms with Crippen LogP contribution in [0.15, 0.2) is 36.4 Å². The average molecular weight is 311 g/mol. The first kappa shape index (κ1) is 16.0. The van der Waals surface area contributed by atoms with E-state index in [1.807, 2.05) is 13.0 Å². The normalized spacial score (nSPS) is 17.1. The van der Waals surface area contributed by atoms with Crippen molar-refractivity contribution in [1.29, 1.82) is 0 Å². The molecule has 0 amide bonds. The van der Waals surface area contributed by atoms with Gasteiger partial charge in [-0.1, -0.05) is 12.1 Å². The lowest BCUT2D eigenvalue weighted by Gasteiger charge is -2.27. The molecule has 0 saturated heterocycles. The minimum atomic E-state index is 0.175. The first-order valence-electron chi connectivity index (χ1n) is 8.21. The summed E-state index contributed by atoms with van der Waals surface area (Å²) in [6, 6.07) is 12.8. The number of aryl methyl sites for hydroxylation is 1. The predicted octanol–water partition coefficient (Wildman–Crippen LogP) is 2.57. The molecular weight excluding hydrogens is 286 g/mol. The van der Waals surface area contributed by atoms with Crippen LogP contribution >= 0.6 is 0 Å². The molecule has 1 aliphatic heterocycles. The van der Waals surface area contributed by atoms with Crippen molar-refractivity contribution in [3.63, 3.8) is 0 Å². The molecular formula is C19H25N3O. The van der Waals surface area contributed by atoms with Gasteiger partial charge in [-0.05, 0) is 62.8 Å². The monoisotopic (exact) mass is 311 g/mol. The van der Waals surface area contributed by atoms with Crippen molar-refractivity contribution in [2.75, 3.05) is 33.8 Å². The van der Waals surface area contributed by atoms with Crippen LogP contribution in [-0.2, 0) is 6.42 Å². The average Bonchev–Trinajstić information content (AvgIpc) is 2.54. The SMILES string of the molecule is Cc1cccc(C2NCCc3cc(OCCN(C)C)ccc32)n1. The van der Waals surface area contributed by atoms with E-state index >= 15 is 0 Å². The number of hydrogen-bond donors (Lipinski definition) is 1. The summed E-state index contributed by atoms with van der Waals surface area (Å²) in [5, 5.41) is 3.59. The summed E-state index contributed by atoms with van der Waals surface area (Å²) >= 11 is 0. The number of aromatic nitrogens is 1. The summed E-state index contributed by atoms with van der Waals surface area (Å²) in [5.74, 6) is 0.962. The maximum absolute atomic E-state index is 5.87. The molecule has 23 heavy (non-hydrogen) atoms. The van der Waals surface area contributed by atoms with E-state index < -0.39 is 0 Å². The van der Waals surface area contributed by atoms with Gasteiger partial charge >= 0.3 is 0 Å². The van der Waals surface area contributed by atoms with Crippen molar-refractivity contribution < 1.29 is 4.74 Å². The molecule has 0 aliphatic carbocycles. The highest BCUT2D eigenvalue weighted by atomic mass is 16.5. The van der Waals surface area contributed by atoms with Crippen LogP contribution in [0.4, 0.5) is 0 Å². The van der Waals surface area contributed by atoms with Crippen LogP contribution < -0.4 is 10.1 Å². The first-order valence-corrected chi connectivity index (χ1v) is 8.21. The molecule has 3 rings (SSSR count). The molecule has 4 heteroatoms. The maximum Gasteiger partial charge on any atom is 0.119 e. The Balaban J connectivity index is 1.80. The highest BCUT2D eigenvalue weighted by Gasteiger charge is 2.22. The Morgan fingerprint density at radius 1 is 1.26 bits per heavy atom. The lowest BCUT2D eigenvalue weighted by molar-refractivity contribution is 0.261. The zero-order chi connectivity index (χ0) is 16.2. The molecule has 1 unspecified atom stereocenters. The molecule has 1 aliphatic rings. The van der Waals surface area contributed by atoms with Crippen molar-refractivity contribution in [3.05, 3.63) is 58.9 Å². The van der Waals surface area contributed by atoms with Gasteiger partial charge in [-0.15, -0.1) is 0 Å². The number of benzene rings is 1. The molecule has 0 saturated carbocycles. The second kappa shape index (κ2) is 7.11. The number of pyridine rings is 1. The molecule has 4 nitrogen and oxygen atoms in total. The van der Waals surface area contributed by atoms with Gasteiger partial charge in [0.15, 0.2) is 0 Å². The van der Waals surface area contributed by atoms with Gasteiger partial charge in [0.1, 0.15) is 12.4 Å². The van der Waals surface area contributed by atoms with Crippen molar-refractivity contribution in [2.45, 2.75) is 19.4 Å². The number of nitrogens with zero attached hydrogens (tertiary/aromatic N) is 2. The van der Waals surface area contributed by atoms with E-state index in [1.165, 1.54) is 11.1 Å². The zero-order valence-corrected chi connectivity index (χ0v) is 14.2. The van der Waals surface area contributed by atoms with Crippen LogP contribution in [0.1, 0.15) is 28.6 Å². The van der Waals surface area contributed by atoms with Gasteiger partial charge in [0.05, 0.1) is 11.7 Å². The van der Waals surface area contributed by atoms with E-state index in [0.29, 0.717) is 6.61 Å². The fourth-order valence-corrected chi connectivity index (χ4v) is 2.97. The van der Waals surface area contributed by atoms with Gasteiger partial charge in [0.25, 0.3) is 0 Å². The Hall–Kier alpha value is -1.91. The van der Waals surface area contributed by atoms with Crippen molar-refractivity contribution >= 4 is 0 Å². The van der Waals surface area contributed by atoms with Gasteiger partial charge < -0.3 is 15.0 Å². The van der Waals surface area contributed by atoms with E-state index in [1.54, 1.807) is 0 Å². The first-order chi connectivity index (χ1) is 11.1. The van der Waals surface area contributed by atoms with E-state index in [9.17, 15) is 0 Å². The Labute approximate surface area is 138 Å². The van der Waals surface area contributed by atoms with Crippen molar-refractivity contribution in [2.24, 2.45) is 0 Å². The summed E-state index contributed by atoms with van der Waals surface area (Å²) in [6.45, 7) is 4.64. The second-order valence-electron chi connectivity index (χ2n) is 6.35. The third-order valence-electron chi connectivity index (χ3n) is 4.18. The van der Waals surface area contributed by atoms with Gasteiger partial charge in [-0.3, -0.25) is 4.98 Å². The molecule has 0 radical (unpaired) electrons. The number of nitrogens with one attached hydrogen (secondary N) is 1. The molecule has 1 aromatic carbocycles. The maximum atomic E-state index is 5.87. The van der Waals surface area contributed by atoms with Crippen LogP contribution in [0.2, 0.25) is 0 Å². The van der Waals surface area contributed by atoms with Crippen LogP contribution in [0.3, 0.4) is 0 Å². The number of ether oxygens (including phenoxy) is 1. The van der Waals surface area contributed by atoms with E-state index in [0.717, 1.165) is 36.6 Å². The molecule has 1 atom stereocenters. The molecule has 0 bridgehead atoms. The number of hydrogen-bond acceptors (Lipinski definition) is 4. The summed E-state index contributed by atoms with van der Waals surface area (Å²) in [4.78, 5) is 6.81. The minimum absolute atomic E-state index is 0.175. The highest BCUT2D eigenvalue weighted by Crippen LogP contribution is 2.30. The van der Waals surface area contributed by atoms with E-state index in [4.69, 9.17) is 4.74 Å². The van der Waals surface area contributed by atoms with Crippen LogP contribution in [-0.4, -0.2) is 43.7 Å². The van der Waals surface area contributed by atoms with Gasteiger partial charge in [-0.2, -0.15) is 0 Å². The predicted molar refractivity (Wildman–Crippen MR) is 93.0 cm³/mol. The Morgan fingerprint density at radius 2 is 2.13 bits per heavy atom. The number of fused-ring (bicyclic) bond motifs is 1. The quantitative estimate of drug-likeness (QED) is 0.921. The number of likely N-dealkylation sites (N-methyl/N-ethyl adjacent to an activating group) is 1. The third-order valence-corrected chi connectivity index (χ3v) is 4.18. The highest BCUT2D eigenvalue weighted by molar-refractivity contribution is 5.42. The smallest absolute Gasteiger partial charge is 0.119 e. The third kappa shape index (κ3) is 3.89. The van der Waals surface area contributed by atoms with Crippen LogP contribution in [0.25, 0.3) is 0 Å². The second-order valence-corrected chi connectivity index (χ2v) is 6.35. The minimum Gasteiger partial charge on any atom is -0.492 e. The van der Waals surface area contributed by atoms with Crippen molar-refractivity contribution in [3.8, 4) is 5.75 Å². The molecule has 2 heterocycles. The zero-order valence-electron chi connectivity index (χ0n) is 14.2. The molecule has 2 aromatic rings. The van der Waals surface area contributed by atoms with Gasteiger partial charge in [0, 0.05) is 18.8 Å². The molecule has 122 valence electrons. The Morgan fingerprint density at radius 3 is 2.91 bits per heavy atom. The number of rotatable bonds is 5. The van der Waals surface area contributed by atoms with Crippen LogP contribution in [0, 0.1) is 6.92 Å². The summed E-state index contributed by atoms with van der Waals surface area (Å²) < 4.78 is 5.87. The van der Waals surface area contributed by atoms with Gasteiger partial charge in [0.2, 0.25) is 0 Å². The Kier molecular flexibility index (Phi) is 4.94. The largest absolute Gasteiger partial charge is 0.492 e. The standard InChI is InChI=1S/C19H25N3O/c1-14-5-4-6-18(21-14)19-17-8-7-16(23-12-11-22(2)3)13-15(17)9-10-20-19/h4-8,13,19-20H,9-12H2,1-3H3. The van der Waals surface area contributed by atoms with E-state index in [2.05, 4.69) is 59.6 Å². The summed E-state index contributed by atoms with van der Waals surface area (Å²) in [7, 11) is 4.11. The molecule has 0 spiro atoms. The van der Waals surface area contributed by atoms with Crippen molar-refractivity contribution in [1.82, 2.24) is 15.2 Å². The topological polar surface area (TPSA) is 37.4 Å². The Bertz CT molecular complexity index is 669. The fraction of sp³-hybridized carbons (Fsp3) is 0.421.